The highest BCUT2D eigenvalue weighted by molar-refractivity contribution is 6.31. The van der Waals surface area contributed by atoms with E-state index in [0.29, 0.717) is 12.1 Å². The van der Waals surface area contributed by atoms with Crippen molar-refractivity contribution in [3.05, 3.63) is 58.4 Å². The van der Waals surface area contributed by atoms with Crippen LogP contribution >= 0.6 is 11.6 Å². The van der Waals surface area contributed by atoms with Gasteiger partial charge in [0.05, 0.1) is 5.92 Å². The highest BCUT2D eigenvalue weighted by Crippen LogP contribution is 2.34. The molecule has 1 fully saturated rings. The van der Waals surface area contributed by atoms with Gasteiger partial charge in [-0.25, -0.2) is 4.39 Å². The maximum absolute atomic E-state index is 13.1. The zero-order valence-electron chi connectivity index (χ0n) is 16.5. The molecular formula is C22H21ClFN3O3. The number of carbonyl (C=O) groups is 3. The molecule has 2 aromatic rings. The number of rotatable bonds is 4. The third-order valence-corrected chi connectivity index (χ3v) is 5.97. The van der Waals surface area contributed by atoms with E-state index in [1.165, 1.54) is 25.1 Å². The van der Waals surface area contributed by atoms with E-state index in [0.717, 1.165) is 23.4 Å². The van der Waals surface area contributed by atoms with E-state index < -0.39 is 11.7 Å². The van der Waals surface area contributed by atoms with Crippen LogP contribution in [0.2, 0.25) is 5.02 Å². The lowest BCUT2D eigenvalue weighted by Crippen LogP contribution is -2.32. The first-order valence-electron chi connectivity index (χ1n) is 9.76. The van der Waals surface area contributed by atoms with Gasteiger partial charge >= 0.3 is 0 Å². The van der Waals surface area contributed by atoms with Gasteiger partial charge < -0.3 is 15.1 Å². The number of hydrogen-bond donors (Lipinski definition) is 1. The molecule has 156 valence electrons. The van der Waals surface area contributed by atoms with Gasteiger partial charge in [-0.05, 0) is 47.9 Å². The molecule has 8 heteroatoms. The summed E-state index contributed by atoms with van der Waals surface area (Å²) in [6.45, 7) is 2.63. The summed E-state index contributed by atoms with van der Waals surface area (Å²) in [7, 11) is 0. The highest BCUT2D eigenvalue weighted by atomic mass is 35.5. The summed E-state index contributed by atoms with van der Waals surface area (Å²) in [6, 6.07) is 9.61. The van der Waals surface area contributed by atoms with Gasteiger partial charge in [0.1, 0.15) is 5.82 Å². The van der Waals surface area contributed by atoms with Crippen LogP contribution in [0.15, 0.2) is 36.4 Å². The fourth-order valence-corrected chi connectivity index (χ4v) is 4.24. The third-order valence-electron chi connectivity index (χ3n) is 5.61. The first kappa shape index (κ1) is 20.3. The predicted molar refractivity (Wildman–Crippen MR) is 112 cm³/mol. The lowest BCUT2D eigenvalue weighted by molar-refractivity contribution is -0.126. The minimum Gasteiger partial charge on any atom is -0.352 e. The largest absolute Gasteiger partial charge is 0.352 e. The Morgan fingerprint density at radius 2 is 2.03 bits per heavy atom. The Labute approximate surface area is 178 Å². The zero-order chi connectivity index (χ0) is 21.4. The summed E-state index contributed by atoms with van der Waals surface area (Å²) in [5, 5.41) is 3.03. The number of amides is 3. The lowest BCUT2D eigenvalue weighted by atomic mass is 10.1. The molecule has 0 saturated carbocycles. The van der Waals surface area contributed by atoms with Gasteiger partial charge in [-0.2, -0.15) is 0 Å². The summed E-state index contributed by atoms with van der Waals surface area (Å²) < 4.78 is 13.1. The first-order valence-corrected chi connectivity index (χ1v) is 10.1. The minimum atomic E-state index is -0.473. The van der Waals surface area contributed by atoms with Crippen LogP contribution < -0.4 is 15.1 Å². The highest BCUT2D eigenvalue weighted by Gasteiger charge is 2.35. The fraction of sp³-hybridized carbons (Fsp3) is 0.318. The van der Waals surface area contributed by atoms with Crippen molar-refractivity contribution >= 4 is 40.7 Å². The van der Waals surface area contributed by atoms with Crippen LogP contribution in [0, 0.1) is 11.7 Å². The molecule has 3 amide bonds. The Hall–Kier alpha value is -2.93. The Bertz CT molecular complexity index is 1040. The van der Waals surface area contributed by atoms with Crippen molar-refractivity contribution in [2.75, 3.05) is 22.9 Å². The molecule has 0 unspecified atom stereocenters. The summed E-state index contributed by atoms with van der Waals surface area (Å²) in [4.78, 5) is 40.2. The van der Waals surface area contributed by atoms with Crippen LogP contribution in [0.3, 0.4) is 0 Å². The second-order valence-electron chi connectivity index (χ2n) is 7.59. The lowest BCUT2D eigenvalue weighted by Gasteiger charge is -2.19. The third kappa shape index (κ3) is 3.89. The summed E-state index contributed by atoms with van der Waals surface area (Å²) >= 11 is 6.00. The predicted octanol–water partition coefficient (Wildman–Crippen LogP) is 3.06. The van der Waals surface area contributed by atoms with E-state index in [1.807, 2.05) is 18.2 Å². The van der Waals surface area contributed by atoms with Crippen molar-refractivity contribution in [3.63, 3.8) is 0 Å². The topological polar surface area (TPSA) is 69.7 Å². The number of carbonyl (C=O) groups excluding carboxylic acids is 3. The normalized spacial score (nSPS) is 18.0. The first-order chi connectivity index (χ1) is 14.3. The molecular weight excluding hydrogens is 409 g/mol. The number of benzene rings is 2. The van der Waals surface area contributed by atoms with Crippen LogP contribution in [0.1, 0.15) is 24.5 Å². The van der Waals surface area contributed by atoms with Gasteiger partial charge in [0.25, 0.3) is 0 Å². The van der Waals surface area contributed by atoms with Crippen molar-refractivity contribution < 1.29 is 18.8 Å². The molecule has 0 radical (unpaired) electrons. The number of hydrogen-bond acceptors (Lipinski definition) is 3. The Morgan fingerprint density at radius 1 is 1.23 bits per heavy atom. The Balaban J connectivity index is 1.42. The molecule has 2 aliphatic rings. The van der Waals surface area contributed by atoms with E-state index in [9.17, 15) is 18.8 Å². The van der Waals surface area contributed by atoms with Gasteiger partial charge in [-0.3, -0.25) is 14.4 Å². The molecule has 2 aromatic carbocycles. The summed E-state index contributed by atoms with van der Waals surface area (Å²) in [5.74, 6) is -1.27. The second-order valence-corrected chi connectivity index (χ2v) is 8.00. The van der Waals surface area contributed by atoms with Gasteiger partial charge in [-0.15, -0.1) is 0 Å². The van der Waals surface area contributed by atoms with Crippen LogP contribution in [0.5, 0.6) is 0 Å². The maximum Gasteiger partial charge on any atom is 0.227 e. The van der Waals surface area contributed by atoms with E-state index in [2.05, 4.69) is 5.32 Å². The van der Waals surface area contributed by atoms with E-state index >= 15 is 0 Å². The van der Waals surface area contributed by atoms with Crippen LogP contribution in [0.4, 0.5) is 15.8 Å². The van der Waals surface area contributed by atoms with Crippen molar-refractivity contribution in [2.45, 2.75) is 26.3 Å². The average molecular weight is 430 g/mol. The molecule has 0 spiro atoms. The summed E-state index contributed by atoms with van der Waals surface area (Å²) in [5.41, 5.74) is 3.25. The molecule has 0 aromatic heterocycles. The van der Waals surface area contributed by atoms with Crippen LogP contribution in [-0.2, 0) is 27.3 Å². The number of fused-ring (bicyclic) bond motifs is 1. The number of anilines is 2. The molecule has 30 heavy (non-hydrogen) atoms. The Kier molecular flexibility index (Phi) is 5.47. The van der Waals surface area contributed by atoms with E-state index in [4.69, 9.17) is 11.6 Å². The quantitative estimate of drug-likeness (QED) is 0.812. The van der Waals surface area contributed by atoms with Crippen molar-refractivity contribution in [1.82, 2.24) is 5.32 Å². The van der Waals surface area contributed by atoms with E-state index in [1.54, 1.807) is 9.80 Å². The fourth-order valence-electron chi connectivity index (χ4n) is 4.01. The van der Waals surface area contributed by atoms with Gasteiger partial charge in [-0.1, -0.05) is 17.7 Å². The molecule has 2 aliphatic heterocycles. The second kappa shape index (κ2) is 8.07. The number of nitrogens with one attached hydrogen (secondary N) is 1. The zero-order valence-corrected chi connectivity index (χ0v) is 17.2. The summed E-state index contributed by atoms with van der Waals surface area (Å²) in [6.07, 6.45) is 0.868. The molecule has 1 atom stereocenters. The average Bonchev–Trinajstić information content (AvgIpc) is 3.30. The van der Waals surface area contributed by atoms with Gasteiger partial charge in [0.2, 0.25) is 17.7 Å². The van der Waals surface area contributed by atoms with Crippen molar-refractivity contribution in [3.8, 4) is 0 Å². The molecule has 2 heterocycles. The minimum absolute atomic E-state index is 0.00302. The molecule has 0 bridgehead atoms. The molecule has 6 nitrogen and oxygen atoms in total. The number of nitrogens with zero attached hydrogens (tertiary/aromatic N) is 2. The van der Waals surface area contributed by atoms with Gasteiger partial charge in [0.15, 0.2) is 0 Å². The Morgan fingerprint density at radius 3 is 2.77 bits per heavy atom. The smallest absolute Gasteiger partial charge is 0.227 e. The van der Waals surface area contributed by atoms with Crippen LogP contribution in [0.25, 0.3) is 0 Å². The maximum atomic E-state index is 13.1. The monoisotopic (exact) mass is 429 g/mol. The molecule has 1 saturated heterocycles. The molecule has 1 N–H and O–H groups in total. The van der Waals surface area contributed by atoms with Crippen LogP contribution in [-0.4, -0.2) is 30.8 Å². The molecule has 0 aliphatic carbocycles. The number of halogens is 2. The molecule has 4 rings (SSSR count). The van der Waals surface area contributed by atoms with Gasteiger partial charge in [0, 0.05) is 49.4 Å². The standard InChI is InChI=1S/C22H21ClFN3O3/c1-13(28)26-7-6-14-8-18(4-5-20(14)26)27-12-16(9-21(27)29)22(30)25-11-15-2-3-17(24)10-19(15)23/h2-5,8,10,16H,6-7,9,11-12H2,1H3,(H,25,30)/t16-/m1/s1. The van der Waals surface area contributed by atoms with E-state index in [-0.39, 0.29) is 42.3 Å². The SMILES string of the molecule is CC(=O)N1CCc2cc(N3C[C@H](C(=O)NCc4ccc(F)cc4Cl)CC3=O)ccc21. The van der Waals surface area contributed by atoms with Crippen molar-refractivity contribution in [2.24, 2.45) is 5.92 Å². The van der Waals surface area contributed by atoms with Crippen molar-refractivity contribution in [1.29, 1.82) is 0 Å².